The van der Waals surface area contributed by atoms with Crippen LogP contribution in [-0.4, -0.2) is 40.7 Å². The van der Waals surface area contributed by atoms with Crippen molar-refractivity contribution in [2.45, 2.75) is 18.1 Å². The Balaban J connectivity index is 1.30. The number of nitrogens with zero attached hydrogens (tertiary/aromatic N) is 1. The minimum Gasteiger partial charge on any atom is -0.486 e. The summed E-state index contributed by atoms with van der Waals surface area (Å²) in [6.07, 6.45) is -0.0216. The largest absolute Gasteiger partial charge is 0.486 e. The van der Waals surface area contributed by atoms with Gasteiger partial charge in [0.15, 0.2) is 16.7 Å². The molecular weight excluding hydrogens is 452 g/mol. The standard InChI is InChI=1S/C21H20N4O5S2/c26-18(22-11-15-2-1-7-31-15)9-14-10-19(27)25-21(24-14)32-12-20(28)23-13-3-4-16-17(8-13)30-6-5-29-16/h1-4,7-8,10H,5-6,9,11-12H2,(H,22,26)(H,23,28)(H,24,25,27). The number of fused-ring (bicyclic) bond motifs is 1. The van der Waals surface area contributed by atoms with Gasteiger partial charge >= 0.3 is 0 Å². The number of H-pyrrole nitrogens is 1. The van der Waals surface area contributed by atoms with E-state index >= 15 is 0 Å². The highest BCUT2D eigenvalue weighted by molar-refractivity contribution is 7.99. The summed E-state index contributed by atoms with van der Waals surface area (Å²) in [5.74, 6) is 0.752. The SMILES string of the molecule is O=C(Cc1cc(=O)[nH]c(SCC(=O)Nc2ccc3c(c2)OCCO3)n1)NCc1cccs1. The molecule has 0 bridgehead atoms. The van der Waals surface area contributed by atoms with Gasteiger partial charge < -0.3 is 25.1 Å². The second kappa shape index (κ2) is 10.3. The van der Waals surface area contributed by atoms with E-state index in [9.17, 15) is 14.4 Å². The van der Waals surface area contributed by atoms with Crippen LogP contribution < -0.4 is 25.7 Å². The molecule has 0 aliphatic carbocycles. The fourth-order valence-corrected chi connectivity index (χ4v) is 4.26. The van der Waals surface area contributed by atoms with Crippen molar-refractivity contribution in [1.82, 2.24) is 15.3 Å². The monoisotopic (exact) mass is 472 g/mol. The number of ether oxygens (including phenoxy) is 2. The number of nitrogens with one attached hydrogen (secondary N) is 3. The predicted octanol–water partition coefficient (Wildman–Crippen LogP) is 2.19. The van der Waals surface area contributed by atoms with Crippen molar-refractivity contribution in [3.05, 3.63) is 62.7 Å². The number of hydrogen-bond acceptors (Lipinski definition) is 8. The van der Waals surface area contributed by atoms with Crippen LogP contribution in [0.15, 0.2) is 51.7 Å². The lowest BCUT2D eigenvalue weighted by Gasteiger charge is -2.18. The first-order valence-electron chi connectivity index (χ1n) is 9.77. The van der Waals surface area contributed by atoms with Gasteiger partial charge in [-0.2, -0.15) is 0 Å². The second-order valence-corrected chi connectivity index (χ2v) is 8.77. The van der Waals surface area contributed by atoms with E-state index in [1.54, 1.807) is 29.5 Å². The fraction of sp³-hybridized carbons (Fsp3) is 0.238. The van der Waals surface area contributed by atoms with Crippen LogP contribution in [0.1, 0.15) is 10.6 Å². The molecule has 4 rings (SSSR count). The zero-order chi connectivity index (χ0) is 22.3. The zero-order valence-corrected chi connectivity index (χ0v) is 18.5. The van der Waals surface area contributed by atoms with E-state index < -0.39 is 0 Å². The molecule has 3 heterocycles. The molecule has 0 fully saturated rings. The molecule has 3 N–H and O–H groups in total. The molecular formula is C21H20N4O5S2. The number of thioether (sulfide) groups is 1. The molecule has 166 valence electrons. The van der Waals surface area contributed by atoms with Crippen molar-refractivity contribution in [2.24, 2.45) is 0 Å². The first-order chi connectivity index (χ1) is 15.5. The molecule has 9 nitrogen and oxygen atoms in total. The van der Waals surface area contributed by atoms with Crippen molar-refractivity contribution in [2.75, 3.05) is 24.3 Å². The second-order valence-electron chi connectivity index (χ2n) is 6.77. The lowest BCUT2D eigenvalue weighted by atomic mass is 10.2. The zero-order valence-electron chi connectivity index (χ0n) is 16.9. The topological polar surface area (TPSA) is 122 Å². The van der Waals surface area contributed by atoms with Crippen LogP contribution in [0.2, 0.25) is 0 Å². The predicted molar refractivity (Wildman–Crippen MR) is 122 cm³/mol. The number of aromatic amines is 1. The highest BCUT2D eigenvalue weighted by Gasteiger charge is 2.14. The lowest BCUT2D eigenvalue weighted by molar-refractivity contribution is -0.120. The molecule has 1 aliphatic rings. The van der Waals surface area contributed by atoms with Gasteiger partial charge in [-0.25, -0.2) is 4.98 Å². The molecule has 1 aromatic carbocycles. The Morgan fingerprint density at radius 3 is 2.78 bits per heavy atom. The number of carbonyl (C=O) groups excluding carboxylic acids is 2. The molecule has 0 spiro atoms. The molecule has 0 atom stereocenters. The van der Waals surface area contributed by atoms with Crippen molar-refractivity contribution < 1.29 is 19.1 Å². The summed E-state index contributed by atoms with van der Waals surface area (Å²) in [6.45, 7) is 1.39. The minimum atomic E-state index is -0.379. The third-order valence-electron chi connectivity index (χ3n) is 4.32. The number of hydrogen-bond donors (Lipinski definition) is 3. The number of amides is 2. The number of benzene rings is 1. The van der Waals surface area contributed by atoms with E-state index in [2.05, 4.69) is 20.6 Å². The van der Waals surface area contributed by atoms with E-state index in [1.165, 1.54) is 6.07 Å². The van der Waals surface area contributed by atoms with Crippen molar-refractivity contribution >= 4 is 40.6 Å². The molecule has 0 saturated heterocycles. The van der Waals surface area contributed by atoms with Gasteiger partial charge in [-0.3, -0.25) is 14.4 Å². The van der Waals surface area contributed by atoms with Gasteiger partial charge in [0.1, 0.15) is 13.2 Å². The summed E-state index contributed by atoms with van der Waals surface area (Å²) in [7, 11) is 0. The summed E-state index contributed by atoms with van der Waals surface area (Å²) >= 11 is 2.63. The van der Waals surface area contributed by atoms with Gasteiger partial charge in [0.05, 0.1) is 24.4 Å². The van der Waals surface area contributed by atoms with Crippen LogP contribution in [0.25, 0.3) is 0 Å². The smallest absolute Gasteiger partial charge is 0.251 e. The van der Waals surface area contributed by atoms with Crippen LogP contribution >= 0.6 is 23.1 Å². The Bertz CT molecular complexity index is 1160. The quantitative estimate of drug-likeness (QED) is 0.339. The molecule has 0 saturated carbocycles. The molecule has 11 heteroatoms. The van der Waals surface area contributed by atoms with Gasteiger partial charge in [-0.15, -0.1) is 11.3 Å². The number of anilines is 1. The molecule has 32 heavy (non-hydrogen) atoms. The Labute approximate surface area is 191 Å². The third-order valence-corrected chi connectivity index (χ3v) is 6.07. The summed E-state index contributed by atoms with van der Waals surface area (Å²) < 4.78 is 11.0. The third kappa shape index (κ3) is 6.11. The van der Waals surface area contributed by atoms with Crippen molar-refractivity contribution in [3.8, 4) is 11.5 Å². The van der Waals surface area contributed by atoms with Crippen LogP contribution in [0.3, 0.4) is 0 Å². The lowest BCUT2D eigenvalue weighted by Crippen LogP contribution is -2.25. The normalized spacial score (nSPS) is 12.2. The summed E-state index contributed by atoms with van der Waals surface area (Å²) in [5.41, 5.74) is 0.542. The van der Waals surface area contributed by atoms with Gasteiger partial charge in [-0.1, -0.05) is 17.8 Å². The van der Waals surface area contributed by atoms with E-state index in [4.69, 9.17) is 9.47 Å². The maximum absolute atomic E-state index is 12.3. The first kappa shape index (κ1) is 21.9. The first-order valence-corrected chi connectivity index (χ1v) is 11.6. The highest BCUT2D eigenvalue weighted by atomic mass is 32.2. The Morgan fingerprint density at radius 1 is 1.12 bits per heavy atom. The molecule has 3 aromatic rings. The Hall–Kier alpha value is -3.31. The summed E-state index contributed by atoms with van der Waals surface area (Å²) in [5, 5.41) is 7.79. The summed E-state index contributed by atoms with van der Waals surface area (Å²) in [4.78, 5) is 44.3. The Morgan fingerprint density at radius 2 is 1.97 bits per heavy atom. The molecule has 2 aromatic heterocycles. The maximum atomic E-state index is 12.3. The Kier molecular flexibility index (Phi) is 7.07. The number of carbonyl (C=O) groups is 2. The van der Waals surface area contributed by atoms with Gasteiger partial charge in [0.2, 0.25) is 11.8 Å². The molecule has 2 amide bonds. The van der Waals surface area contributed by atoms with Crippen molar-refractivity contribution in [1.29, 1.82) is 0 Å². The molecule has 0 radical (unpaired) electrons. The van der Waals surface area contributed by atoms with Crippen LogP contribution in [0.5, 0.6) is 11.5 Å². The van der Waals surface area contributed by atoms with Gasteiger partial charge in [0, 0.05) is 22.7 Å². The average molecular weight is 473 g/mol. The van der Waals surface area contributed by atoms with E-state index in [-0.39, 0.29) is 34.7 Å². The van der Waals surface area contributed by atoms with Crippen LogP contribution in [0, 0.1) is 0 Å². The minimum absolute atomic E-state index is 0.0216. The average Bonchev–Trinajstić information content (AvgIpc) is 3.30. The number of aromatic nitrogens is 2. The molecule has 0 unspecified atom stereocenters. The van der Waals surface area contributed by atoms with E-state index in [1.807, 2.05) is 17.5 Å². The number of thiophene rings is 1. The van der Waals surface area contributed by atoms with Gasteiger partial charge in [0.25, 0.3) is 5.56 Å². The van der Waals surface area contributed by atoms with Crippen LogP contribution in [-0.2, 0) is 22.6 Å². The number of rotatable bonds is 8. The van der Waals surface area contributed by atoms with Gasteiger partial charge in [-0.05, 0) is 23.6 Å². The fourth-order valence-electron chi connectivity index (χ4n) is 2.92. The summed E-state index contributed by atoms with van der Waals surface area (Å²) in [6, 6.07) is 10.3. The van der Waals surface area contributed by atoms with E-state index in [0.717, 1.165) is 16.6 Å². The highest BCUT2D eigenvalue weighted by Crippen LogP contribution is 2.32. The maximum Gasteiger partial charge on any atom is 0.251 e. The van der Waals surface area contributed by atoms with Crippen molar-refractivity contribution in [3.63, 3.8) is 0 Å². The molecule has 1 aliphatic heterocycles. The van der Waals surface area contributed by atoms with E-state index in [0.29, 0.717) is 42.6 Å². The van der Waals surface area contributed by atoms with Crippen LogP contribution in [0.4, 0.5) is 5.69 Å².